The molecule has 0 fully saturated rings. The molecule has 10 heteroatoms. The fourth-order valence-electron chi connectivity index (χ4n) is 3.15. The molecule has 0 bridgehead atoms. The molecule has 0 saturated heterocycles. The van der Waals surface area contributed by atoms with Gasteiger partial charge in [0.15, 0.2) is 0 Å². The fraction of sp³-hybridized carbons (Fsp3) is 0.389. The van der Waals surface area contributed by atoms with E-state index in [0.29, 0.717) is 0 Å². The number of hydrogen-bond acceptors (Lipinski definition) is 9. The summed E-state index contributed by atoms with van der Waals surface area (Å²) < 4.78 is 8.57. The number of rotatable bonds is 6. The Bertz CT molecular complexity index is 882. The molecule has 0 aromatic heterocycles. The summed E-state index contributed by atoms with van der Waals surface area (Å²) in [6, 6.07) is 5.50. The summed E-state index contributed by atoms with van der Waals surface area (Å²) in [5, 5.41) is 11.2. The van der Waals surface area contributed by atoms with Gasteiger partial charge in [-0.1, -0.05) is 12.1 Å². The van der Waals surface area contributed by atoms with Crippen LogP contribution in [0, 0.1) is 16.0 Å². The van der Waals surface area contributed by atoms with Gasteiger partial charge in [-0.3, -0.25) is 14.9 Å². The lowest BCUT2D eigenvalue weighted by Gasteiger charge is -2.39. The normalized spacial score (nSPS) is 21.7. The first-order valence-electron chi connectivity index (χ1n) is 8.54. The number of nitro benzene ring substituents is 1. The van der Waals surface area contributed by atoms with E-state index in [4.69, 9.17) is 15.2 Å². The lowest BCUT2D eigenvalue weighted by atomic mass is 9.75. The maximum absolute atomic E-state index is 12.7. The number of nitrogens with two attached hydrogens (primary N) is 1. The summed E-state index contributed by atoms with van der Waals surface area (Å²) >= 11 is 4.69. The summed E-state index contributed by atoms with van der Waals surface area (Å²) in [6.07, 6.45) is 0. The van der Waals surface area contributed by atoms with E-state index in [1.165, 1.54) is 24.3 Å². The predicted molar refractivity (Wildman–Crippen MR) is 105 cm³/mol. The van der Waals surface area contributed by atoms with Crippen molar-refractivity contribution in [2.24, 2.45) is 16.6 Å². The van der Waals surface area contributed by atoms with Crippen molar-refractivity contribution >= 4 is 36.0 Å². The minimum absolute atomic E-state index is 0.0567. The van der Waals surface area contributed by atoms with Gasteiger partial charge < -0.3 is 15.2 Å². The number of non-ortho nitro benzene ring substituents is 1. The van der Waals surface area contributed by atoms with Crippen LogP contribution in [-0.2, 0) is 23.8 Å². The quantitative estimate of drug-likeness (QED) is 0.319. The number of nitro groups is 1. The second-order valence-electron chi connectivity index (χ2n) is 5.99. The summed E-state index contributed by atoms with van der Waals surface area (Å²) in [7, 11) is 0. The molecule has 0 aliphatic carbocycles. The van der Waals surface area contributed by atoms with Gasteiger partial charge >= 0.3 is 11.9 Å². The first kappa shape index (κ1) is 21.4. The van der Waals surface area contributed by atoms with Crippen LogP contribution < -0.4 is 5.73 Å². The Labute approximate surface area is 167 Å². The van der Waals surface area contributed by atoms with Crippen molar-refractivity contribution in [3.8, 4) is 0 Å². The van der Waals surface area contributed by atoms with Crippen molar-refractivity contribution in [1.29, 1.82) is 0 Å². The standard InChI is InChI=1S/C18H21N3O6S/c1-4-26-16(22)13-10(3)20-15(19)14(17(23)27-5-2)18(13,28)11-7-6-8-12(9-11)21(24)25/h6-9,13,28H,4-5,19H2,1-3H3. The van der Waals surface area contributed by atoms with Crippen molar-refractivity contribution in [2.45, 2.75) is 25.5 Å². The minimum atomic E-state index is -1.67. The molecule has 150 valence electrons. The van der Waals surface area contributed by atoms with Crippen LogP contribution in [0.2, 0.25) is 0 Å². The van der Waals surface area contributed by atoms with E-state index < -0.39 is 27.5 Å². The first-order chi connectivity index (χ1) is 13.2. The van der Waals surface area contributed by atoms with Crippen LogP contribution >= 0.6 is 12.6 Å². The van der Waals surface area contributed by atoms with Gasteiger partial charge in [0.05, 0.1) is 22.9 Å². The number of nitrogens with zero attached hydrogens (tertiary/aromatic N) is 2. The molecule has 28 heavy (non-hydrogen) atoms. The van der Waals surface area contributed by atoms with Crippen molar-refractivity contribution in [1.82, 2.24) is 0 Å². The van der Waals surface area contributed by atoms with E-state index in [9.17, 15) is 19.7 Å². The Morgan fingerprint density at radius 1 is 1.32 bits per heavy atom. The highest BCUT2D eigenvalue weighted by atomic mass is 32.1. The molecule has 2 atom stereocenters. The lowest BCUT2D eigenvalue weighted by molar-refractivity contribution is -0.384. The average Bonchev–Trinajstić information content (AvgIpc) is 2.61. The van der Waals surface area contributed by atoms with Gasteiger partial charge in [0.2, 0.25) is 0 Å². The van der Waals surface area contributed by atoms with Gasteiger partial charge in [-0.15, -0.1) is 0 Å². The Hall–Kier alpha value is -2.88. The van der Waals surface area contributed by atoms with Gasteiger partial charge in [0.25, 0.3) is 5.69 Å². The number of esters is 2. The number of benzene rings is 1. The van der Waals surface area contributed by atoms with E-state index in [0.717, 1.165) is 0 Å². The summed E-state index contributed by atoms with van der Waals surface area (Å²) in [5.74, 6) is -2.80. The predicted octanol–water partition coefficient (Wildman–Crippen LogP) is 2.11. The van der Waals surface area contributed by atoms with Crippen molar-refractivity contribution in [3.63, 3.8) is 0 Å². The molecule has 9 nitrogen and oxygen atoms in total. The molecule has 2 unspecified atom stereocenters. The van der Waals surface area contributed by atoms with E-state index in [1.807, 2.05) is 0 Å². The van der Waals surface area contributed by atoms with Crippen LogP contribution in [0.3, 0.4) is 0 Å². The lowest BCUT2D eigenvalue weighted by Crippen LogP contribution is -2.48. The van der Waals surface area contributed by atoms with Crippen LogP contribution in [0.25, 0.3) is 0 Å². The zero-order valence-electron chi connectivity index (χ0n) is 15.7. The van der Waals surface area contributed by atoms with E-state index >= 15 is 0 Å². The first-order valence-corrected chi connectivity index (χ1v) is 8.99. The van der Waals surface area contributed by atoms with E-state index in [-0.39, 0.29) is 41.6 Å². The third kappa shape index (κ3) is 3.72. The molecule has 2 rings (SSSR count). The SMILES string of the molecule is CCOC(=O)C1=C(N)N=C(C)C(C(=O)OCC)C1(S)c1cccc([N+](=O)[O-])c1. The van der Waals surface area contributed by atoms with Gasteiger partial charge in [-0.25, -0.2) is 9.79 Å². The molecule has 0 spiro atoms. The highest BCUT2D eigenvalue weighted by Gasteiger charge is 2.53. The Kier molecular flexibility index (Phi) is 6.45. The number of aliphatic imine (C=N–C) groups is 1. The van der Waals surface area contributed by atoms with Crippen LogP contribution in [0.15, 0.2) is 40.7 Å². The topological polar surface area (TPSA) is 134 Å². The second kappa shape index (κ2) is 8.42. The second-order valence-corrected chi connectivity index (χ2v) is 6.70. The maximum Gasteiger partial charge on any atom is 0.339 e. The molecular formula is C18H21N3O6S. The molecule has 1 aromatic carbocycles. The van der Waals surface area contributed by atoms with Gasteiger partial charge in [-0.2, -0.15) is 12.6 Å². The van der Waals surface area contributed by atoms with Gasteiger partial charge in [-0.05, 0) is 26.3 Å². The zero-order valence-corrected chi connectivity index (χ0v) is 16.6. The molecule has 1 aliphatic heterocycles. The van der Waals surface area contributed by atoms with E-state index in [2.05, 4.69) is 17.6 Å². The number of ether oxygens (including phenoxy) is 2. The van der Waals surface area contributed by atoms with Crippen LogP contribution in [0.4, 0.5) is 5.69 Å². The van der Waals surface area contributed by atoms with Crippen LogP contribution in [0.5, 0.6) is 0 Å². The largest absolute Gasteiger partial charge is 0.465 e. The van der Waals surface area contributed by atoms with Crippen molar-refractivity contribution in [3.05, 3.63) is 51.3 Å². The molecule has 2 N–H and O–H groups in total. The van der Waals surface area contributed by atoms with E-state index in [1.54, 1.807) is 20.8 Å². The summed E-state index contributed by atoms with van der Waals surface area (Å²) in [5.41, 5.74) is 6.11. The van der Waals surface area contributed by atoms with Gasteiger partial charge in [0, 0.05) is 17.8 Å². The molecular weight excluding hydrogens is 386 g/mol. The number of carbonyl (C=O) groups is 2. The Morgan fingerprint density at radius 3 is 2.54 bits per heavy atom. The average molecular weight is 407 g/mol. The Balaban J connectivity index is 2.80. The van der Waals surface area contributed by atoms with Crippen LogP contribution in [0.1, 0.15) is 26.3 Å². The van der Waals surface area contributed by atoms with Crippen LogP contribution in [-0.4, -0.2) is 35.8 Å². The Morgan fingerprint density at radius 2 is 1.96 bits per heavy atom. The zero-order chi connectivity index (χ0) is 21.1. The number of thiol groups is 1. The highest BCUT2D eigenvalue weighted by Crippen LogP contribution is 2.48. The molecule has 0 radical (unpaired) electrons. The molecule has 1 aliphatic rings. The smallest absolute Gasteiger partial charge is 0.339 e. The summed E-state index contributed by atoms with van der Waals surface area (Å²) in [6.45, 7) is 4.95. The molecule has 0 amide bonds. The minimum Gasteiger partial charge on any atom is -0.465 e. The summed E-state index contributed by atoms with van der Waals surface area (Å²) in [4.78, 5) is 40.2. The highest BCUT2D eigenvalue weighted by molar-refractivity contribution is 7.81. The number of carbonyl (C=O) groups excluding carboxylic acids is 2. The molecule has 1 heterocycles. The third-order valence-electron chi connectivity index (χ3n) is 4.27. The molecule has 0 saturated carbocycles. The third-order valence-corrected chi connectivity index (χ3v) is 5.01. The maximum atomic E-state index is 12.7. The van der Waals surface area contributed by atoms with Gasteiger partial charge in [0.1, 0.15) is 17.3 Å². The van der Waals surface area contributed by atoms with Crippen molar-refractivity contribution in [2.75, 3.05) is 13.2 Å². The van der Waals surface area contributed by atoms with Crippen molar-refractivity contribution < 1.29 is 24.0 Å². The molecule has 1 aromatic rings. The number of hydrogen-bond donors (Lipinski definition) is 2. The monoisotopic (exact) mass is 407 g/mol. The fourth-order valence-corrected chi connectivity index (χ4v) is 3.79.